The average molecular weight is 657 g/mol. The molecule has 4 rings (SSSR count). The lowest BCUT2D eigenvalue weighted by molar-refractivity contribution is -0.195. The Bertz CT molecular complexity index is 992. The molecule has 0 aliphatic heterocycles. The van der Waals surface area contributed by atoms with Crippen LogP contribution < -0.4 is 0 Å². The number of ether oxygens (including phenoxy) is 1. The minimum atomic E-state index is -0.691. The van der Waals surface area contributed by atoms with E-state index >= 15 is 0 Å². The highest BCUT2D eigenvalue weighted by atomic mass is 16.5. The van der Waals surface area contributed by atoms with Crippen LogP contribution in [0.2, 0.25) is 0 Å². The van der Waals surface area contributed by atoms with Crippen molar-refractivity contribution >= 4 is 11.9 Å². The van der Waals surface area contributed by atoms with Gasteiger partial charge >= 0.3 is 11.9 Å². The van der Waals surface area contributed by atoms with Gasteiger partial charge in [-0.25, -0.2) is 0 Å². The molecule has 0 aromatic carbocycles. The van der Waals surface area contributed by atoms with Gasteiger partial charge in [0, 0.05) is 18.8 Å². The van der Waals surface area contributed by atoms with Crippen LogP contribution in [0.25, 0.3) is 0 Å². The molecule has 0 saturated heterocycles. The second-order valence-corrected chi connectivity index (χ2v) is 17.2. The van der Waals surface area contributed by atoms with Crippen molar-refractivity contribution in [1.82, 2.24) is 0 Å². The Balaban J connectivity index is 1.25. The summed E-state index contributed by atoms with van der Waals surface area (Å²) < 4.78 is 6.53. The third-order valence-corrected chi connectivity index (χ3v) is 14.1. The molecular formula is C42H72O5. The lowest BCUT2D eigenvalue weighted by Gasteiger charge is -2.62. The van der Waals surface area contributed by atoms with Gasteiger partial charge in [0.25, 0.3) is 0 Å². The van der Waals surface area contributed by atoms with Gasteiger partial charge < -0.3 is 14.9 Å². The van der Waals surface area contributed by atoms with Crippen LogP contribution in [0.3, 0.4) is 0 Å². The second kappa shape index (κ2) is 18.6. The van der Waals surface area contributed by atoms with Gasteiger partial charge in [-0.3, -0.25) is 9.59 Å². The van der Waals surface area contributed by atoms with Crippen molar-refractivity contribution in [2.45, 2.75) is 194 Å². The Morgan fingerprint density at radius 2 is 1.40 bits per heavy atom. The number of hydrogen-bond donors (Lipinski definition) is 2. The van der Waals surface area contributed by atoms with E-state index in [0.29, 0.717) is 41.9 Å². The number of carboxylic acid groups (broad SMARTS) is 1. The summed E-state index contributed by atoms with van der Waals surface area (Å²) in [7, 11) is 0. The van der Waals surface area contributed by atoms with E-state index in [1.54, 1.807) is 0 Å². The zero-order valence-electron chi connectivity index (χ0n) is 30.9. The van der Waals surface area contributed by atoms with Gasteiger partial charge in [0.15, 0.2) is 0 Å². The summed E-state index contributed by atoms with van der Waals surface area (Å²) in [5.74, 6) is 2.11. The maximum absolute atomic E-state index is 13.4. The first kappa shape index (κ1) is 38.4. The van der Waals surface area contributed by atoms with Crippen LogP contribution in [-0.2, 0) is 14.3 Å². The van der Waals surface area contributed by atoms with E-state index in [1.807, 2.05) is 0 Å². The predicted octanol–water partition coefficient (Wildman–Crippen LogP) is 11.1. The maximum Gasteiger partial charge on any atom is 0.306 e. The van der Waals surface area contributed by atoms with Gasteiger partial charge in [-0.05, 0) is 130 Å². The third-order valence-electron chi connectivity index (χ3n) is 14.1. The SMILES string of the molecule is CCCCCCCC/C=C\CCCCCCCC(=O)O[C@H]1C[C@@H]2C[C@H](O)CC[C@]2(C)[C@H]2CC[C@@]3(C)[C@@H](CC[C@H]3[C@H](C)CCC(=O)O)[C@H]12. The average Bonchev–Trinajstić information content (AvgIpc) is 3.39. The molecule has 0 bridgehead atoms. The summed E-state index contributed by atoms with van der Waals surface area (Å²) in [5, 5.41) is 20.0. The van der Waals surface area contributed by atoms with Crippen LogP contribution in [0, 0.1) is 46.3 Å². The fourth-order valence-corrected chi connectivity index (χ4v) is 11.4. The molecule has 0 amide bonds. The van der Waals surface area contributed by atoms with Gasteiger partial charge in [0.2, 0.25) is 0 Å². The Hall–Kier alpha value is -1.36. The van der Waals surface area contributed by atoms with E-state index in [-0.39, 0.29) is 35.4 Å². The Labute approximate surface area is 288 Å². The quantitative estimate of drug-likeness (QED) is 0.0774. The molecule has 0 spiro atoms. The summed E-state index contributed by atoms with van der Waals surface area (Å²) >= 11 is 0. The summed E-state index contributed by atoms with van der Waals surface area (Å²) in [6.45, 7) is 9.54. The smallest absolute Gasteiger partial charge is 0.306 e. The van der Waals surface area contributed by atoms with Crippen LogP contribution in [0.5, 0.6) is 0 Å². The number of aliphatic hydroxyl groups is 1. The highest BCUT2D eigenvalue weighted by Gasteiger charge is 2.63. The Morgan fingerprint density at radius 3 is 2.09 bits per heavy atom. The van der Waals surface area contributed by atoms with Crippen molar-refractivity contribution in [3.8, 4) is 0 Å². The molecule has 5 heteroatoms. The summed E-state index contributed by atoms with van der Waals surface area (Å²) in [6.07, 6.45) is 30.7. The zero-order valence-corrected chi connectivity index (χ0v) is 30.9. The molecule has 4 fully saturated rings. The number of unbranched alkanes of at least 4 members (excludes halogenated alkanes) is 11. The lowest BCUT2D eigenvalue weighted by Crippen LogP contribution is -2.59. The van der Waals surface area contributed by atoms with E-state index in [4.69, 9.17) is 4.74 Å². The van der Waals surface area contributed by atoms with Crippen LogP contribution in [-0.4, -0.2) is 34.4 Å². The maximum atomic E-state index is 13.4. The van der Waals surface area contributed by atoms with Crippen LogP contribution in [0.15, 0.2) is 12.2 Å². The van der Waals surface area contributed by atoms with Crippen molar-refractivity contribution < 1.29 is 24.5 Å². The molecule has 0 aromatic heterocycles. The first-order valence-electron chi connectivity index (χ1n) is 20.3. The number of hydrogen-bond acceptors (Lipinski definition) is 4. The van der Waals surface area contributed by atoms with Crippen molar-refractivity contribution in [3.05, 3.63) is 12.2 Å². The molecular weight excluding hydrogens is 584 g/mol. The van der Waals surface area contributed by atoms with Gasteiger partial charge in [0.1, 0.15) is 6.10 Å². The molecule has 0 radical (unpaired) electrons. The van der Waals surface area contributed by atoms with E-state index < -0.39 is 5.97 Å². The summed E-state index contributed by atoms with van der Waals surface area (Å²) in [4.78, 5) is 24.7. The van der Waals surface area contributed by atoms with Crippen LogP contribution in [0.4, 0.5) is 0 Å². The largest absolute Gasteiger partial charge is 0.481 e. The number of esters is 1. The van der Waals surface area contributed by atoms with Crippen molar-refractivity contribution in [2.75, 3.05) is 0 Å². The summed E-state index contributed by atoms with van der Waals surface area (Å²) in [5.41, 5.74) is 0.398. The number of aliphatic hydroxyl groups excluding tert-OH is 1. The molecule has 0 aromatic rings. The molecule has 4 aliphatic rings. The first-order valence-corrected chi connectivity index (χ1v) is 20.3. The van der Waals surface area contributed by atoms with Gasteiger partial charge in [-0.2, -0.15) is 0 Å². The normalized spacial score (nSPS) is 35.6. The number of rotatable bonds is 20. The fourth-order valence-electron chi connectivity index (χ4n) is 11.4. The minimum absolute atomic E-state index is 0.0111. The minimum Gasteiger partial charge on any atom is -0.481 e. The van der Waals surface area contributed by atoms with Crippen molar-refractivity contribution in [3.63, 3.8) is 0 Å². The molecule has 270 valence electrons. The first-order chi connectivity index (χ1) is 22.6. The standard InChI is InChI=1S/C42H72O5/c1-5-6-7-8-9-10-11-12-13-14-15-16-17-18-19-20-39(46)47-37-30-32-29-33(43)25-27-41(32,3)36-26-28-42(4)34(22-23-35(42)40(36)37)31(2)21-24-38(44)45/h12-13,31-37,40,43H,5-11,14-30H2,1-4H3,(H,44,45)/b13-12-/t31-,32+,33-,34+,35+,36+,37+,40+,41+,42-/m1/s1. The number of allylic oxidation sites excluding steroid dienone is 2. The molecule has 4 saturated carbocycles. The predicted molar refractivity (Wildman–Crippen MR) is 192 cm³/mol. The molecule has 0 unspecified atom stereocenters. The molecule has 4 aliphatic carbocycles. The second-order valence-electron chi connectivity index (χ2n) is 17.2. The number of aliphatic carboxylic acids is 1. The van der Waals surface area contributed by atoms with Gasteiger partial charge in [-0.1, -0.05) is 91.2 Å². The van der Waals surface area contributed by atoms with Crippen molar-refractivity contribution in [2.24, 2.45) is 46.3 Å². The number of carbonyl (C=O) groups is 2. The number of carbonyl (C=O) groups excluding carboxylic acids is 1. The van der Waals surface area contributed by atoms with E-state index in [9.17, 15) is 19.8 Å². The Kier molecular flexibility index (Phi) is 15.2. The lowest BCUT2D eigenvalue weighted by atomic mass is 9.43. The van der Waals surface area contributed by atoms with E-state index in [1.165, 1.54) is 96.3 Å². The highest BCUT2D eigenvalue weighted by molar-refractivity contribution is 5.69. The van der Waals surface area contributed by atoms with E-state index in [0.717, 1.165) is 44.9 Å². The van der Waals surface area contributed by atoms with Crippen molar-refractivity contribution in [1.29, 1.82) is 0 Å². The molecule has 5 nitrogen and oxygen atoms in total. The van der Waals surface area contributed by atoms with Crippen LogP contribution in [0.1, 0.15) is 182 Å². The third kappa shape index (κ3) is 10.1. The Morgan fingerprint density at radius 1 is 0.787 bits per heavy atom. The summed E-state index contributed by atoms with van der Waals surface area (Å²) in [6, 6.07) is 0. The fraction of sp³-hybridized carbons (Fsp3) is 0.905. The molecule has 47 heavy (non-hydrogen) atoms. The van der Waals surface area contributed by atoms with Crippen LogP contribution >= 0.6 is 0 Å². The monoisotopic (exact) mass is 657 g/mol. The van der Waals surface area contributed by atoms with Gasteiger partial charge in [0.05, 0.1) is 6.10 Å². The molecule has 2 N–H and O–H groups in total. The van der Waals surface area contributed by atoms with Gasteiger partial charge in [-0.15, -0.1) is 0 Å². The number of carboxylic acids is 1. The molecule has 10 atom stereocenters. The topological polar surface area (TPSA) is 83.8 Å². The highest BCUT2D eigenvalue weighted by Crippen LogP contribution is 2.68. The zero-order chi connectivity index (χ0) is 33.9. The molecule has 0 heterocycles. The van der Waals surface area contributed by atoms with E-state index in [2.05, 4.69) is 39.8 Å². The number of fused-ring (bicyclic) bond motifs is 5.